The van der Waals surface area contributed by atoms with Crippen LogP contribution in [-0.4, -0.2) is 11.0 Å². The molecule has 0 saturated carbocycles. The van der Waals surface area contributed by atoms with Crippen molar-refractivity contribution in [3.05, 3.63) is 51.0 Å². The maximum atomic E-state index is 6.35. The summed E-state index contributed by atoms with van der Waals surface area (Å²) in [5, 5.41) is 1.18. The third kappa shape index (κ3) is 1.98. The second-order valence-corrected chi connectivity index (χ2v) is 6.41. The number of aromatic nitrogens is 1. The van der Waals surface area contributed by atoms with Crippen molar-refractivity contribution in [1.82, 2.24) is 4.98 Å². The number of aryl methyl sites for hydroxylation is 2. The molecule has 94 valence electrons. The van der Waals surface area contributed by atoms with Crippen molar-refractivity contribution in [3.63, 3.8) is 0 Å². The third-order valence-electron chi connectivity index (χ3n) is 3.89. The molecular formula is C15H18N2S. The molecule has 0 bridgehead atoms. The van der Waals surface area contributed by atoms with Gasteiger partial charge < -0.3 is 5.73 Å². The summed E-state index contributed by atoms with van der Waals surface area (Å²) in [6.07, 6.45) is 2.03. The van der Waals surface area contributed by atoms with Gasteiger partial charge in [-0.05, 0) is 31.4 Å². The maximum absolute atomic E-state index is 6.35. The molecule has 0 radical (unpaired) electrons. The van der Waals surface area contributed by atoms with Gasteiger partial charge in [-0.1, -0.05) is 24.3 Å². The number of fused-ring (bicyclic) bond motifs is 1. The predicted octanol–water partition coefficient (Wildman–Crippen LogP) is 2.97. The van der Waals surface area contributed by atoms with Crippen LogP contribution in [0.1, 0.15) is 32.6 Å². The van der Waals surface area contributed by atoms with Crippen LogP contribution < -0.4 is 5.73 Å². The fraction of sp³-hybridized carbons (Fsp3) is 0.400. The molecule has 3 heteroatoms. The average Bonchev–Trinajstić information content (AvgIpc) is 2.59. The van der Waals surface area contributed by atoms with Crippen LogP contribution >= 0.6 is 11.3 Å². The minimum atomic E-state index is 0.199. The van der Waals surface area contributed by atoms with E-state index >= 15 is 0 Å². The molecule has 2 atom stereocenters. The standard InChI is InChI=1S/C15H18N2S/c1-9-10(2)18-15(17-9)8-14(16)13-7-11-5-3-4-6-12(11)13/h3-6,13-14H,7-8,16H2,1-2H3. The molecular weight excluding hydrogens is 240 g/mol. The van der Waals surface area contributed by atoms with E-state index < -0.39 is 0 Å². The lowest BCUT2D eigenvalue weighted by Crippen LogP contribution is -2.37. The van der Waals surface area contributed by atoms with E-state index in [0.29, 0.717) is 5.92 Å². The fourth-order valence-electron chi connectivity index (χ4n) is 2.65. The smallest absolute Gasteiger partial charge is 0.0946 e. The lowest BCUT2D eigenvalue weighted by atomic mass is 9.73. The van der Waals surface area contributed by atoms with E-state index in [1.165, 1.54) is 21.0 Å². The third-order valence-corrected chi connectivity index (χ3v) is 4.99. The summed E-state index contributed by atoms with van der Waals surface area (Å²) < 4.78 is 0. The van der Waals surface area contributed by atoms with Gasteiger partial charge in [0.15, 0.2) is 0 Å². The van der Waals surface area contributed by atoms with Crippen molar-refractivity contribution in [1.29, 1.82) is 0 Å². The molecule has 2 nitrogen and oxygen atoms in total. The van der Waals surface area contributed by atoms with Crippen molar-refractivity contribution in [2.75, 3.05) is 0 Å². The molecule has 18 heavy (non-hydrogen) atoms. The molecule has 2 unspecified atom stereocenters. The summed E-state index contributed by atoms with van der Waals surface area (Å²) in [6, 6.07) is 8.83. The van der Waals surface area contributed by atoms with E-state index in [0.717, 1.165) is 18.5 Å². The summed E-state index contributed by atoms with van der Waals surface area (Å²) in [5.74, 6) is 0.519. The van der Waals surface area contributed by atoms with Gasteiger partial charge >= 0.3 is 0 Å². The Kier molecular flexibility index (Phi) is 2.96. The van der Waals surface area contributed by atoms with Crippen LogP contribution in [0.15, 0.2) is 24.3 Å². The van der Waals surface area contributed by atoms with E-state index in [-0.39, 0.29) is 6.04 Å². The number of hydrogen-bond acceptors (Lipinski definition) is 3. The topological polar surface area (TPSA) is 38.9 Å². The quantitative estimate of drug-likeness (QED) is 0.919. The van der Waals surface area contributed by atoms with Crippen LogP contribution in [0.4, 0.5) is 0 Å². The van der Waals surface area contributed by atoms with Gasteiger partial charge in [-0.25, -0.2) is 4.98 Å². The number of nitrogens with zero attached hydrogens (tertiary/aromatic N) is 1. The van der Waals surface area contributed by atoms with Gasteiger partial charge in [-0.15, -0.1) is 11.3 Å². The van der Waals surface area contributed by atoms with Crippen LogP contribution in [0.3, 0.4) is 0 Å². The molecule has 1 aromatic heterocycles. The molecule has 3 rings (SSSR count). The monoisotopic (exact) mass is 258 g/mol. The van der Waals surface area contributed by atoms with Crippen LogP contribution in [0.25, 0.3) is 0 Å². The zero-order valence-corrected chi connectivity index (χ0v) is 11.6. The van der Waals surface area contributed by atoms with Crippen LogP contribution in [0.5, 0.6) is 0 Å². The summed E-state index contributed by atoms with van der Waals surface area (Å²) in [5.41, 5.74) is 10.4. The average molecular weight is 258 g/mol. The largest absolute Gasteiger partial charge is 0.327 e. The van der Waals surface area contributed by atoms with Crippen LogP contribution in [0.2, 0.25) is 0 Å². The highest BCUT2D eigenvalue weighted by Crippen LogP contribution is 2.37. The van der Waals surface area contributed by atoms with E-state index in [1.54, 1.807) is 11.3 Å². The van der Waals surface area contributed by atoms with E-state index in [9.17, 15) is 0 Å². The van der Waals surface area contributed by atoms with Crippen molar-refractivity contribution < 1.29 is 0 Å². The highest BCUT2D eigenvalue weighted by molar-refractivity contribution is 7.11. The van der Waals surface area contributed by atoms with E-state index in [1.807, 2.05) is 0 Å². The summed E-state index contributed by atoms with van der Waals surface area (Å²) in [4.78, 5) is 5.90. The Morgan fingerprint density at radius 2 is 2.17 bits per heavy atom. The Hall–Kier alpha value is -1.19. The van der Waals surface area contributed by atoms with Gasteiger partial charge in [-0.2, -0.15) is 0 Å². The number of rotatable bonds is 3. The minimum absolute atomic E-state index is 0.199. The first-order chi connectivity index (χ1) is 8.65. The van der Waals surface area contributed by atoms with E-state index in [4.69, 9.17) is 5.73 Å². The first-order valence-electron chi connectivity index (χ1n) is 6.41. The van der Waals surface area contributed by atoms with Gasteiger partial charge in [0.25, 0.3) is 0 Å². The molecule has 1 aliphatic rings. The number of hydrogen-bond donors (Lipinski definition) is 1. The zero-order valence-electron chi connectivity index (χ0n) is 10.8. The number of nitrogens with two attached hydrogens (primary N) is 1. The molecule has 1 heterocycles. The second-order valence-electron chi connectivity index (χ2n) is 5.13. The van der Waals surface area contributed by atoms with Crippen LogP contribution in [-0.2, 0) is 12.8 Å². The number of benzene rings is 1. The molecule has 0 saturated heterocycles. The maximum Gasteiger partial charge on any atom is 0.0946 e. The Morgan fingerprint density at radius 3 is 2.83 bits per heavy atom. The highest BCUT2D eigenvalue weighted by atomic mass is 32.1. The summed E-state index contributed by atoms with van der Waals surface area (Å²) >= 11 is 1.78. The van der Waals surface area contributed by atoms with Gasteiger partial charge in [0.1, 0.15) is 0 Å². The first-order valence-corrected chi connectivity index (χ1v) is 7.23. The fourth-order valence-corrected chi connectivity index (χ4v) is 3.66. The highest BCUT2D eigenvalue weighted by Gasteiger charge is 2.31. The molecule has 1 aromatic carbocycles. The Balaban J connectivity index is 1.72. The lowest BCUT2D eigenvalue weighted by molar-refractivity contribution is 0.480. The predicted molar refractivity (Wildman–Crippen MR) is 76.2 cm³/mol. The lowest BCUT2D eigenvalue weighted by Gasteiger charge is -2.34. The number of thiazole rings is 1. The molecule has 0 fully saturated rings. The first kappa shape index (κ1) is 11.9. The molecule has 0 aliphatic heterocycles. The van der Waals surface area contributed by atoms with Gasteiger partial charge in [-0.3, -0.25) is 0 Å². The second kappa shape index (κ2) is 4.48. The summed E-state index contributed by atoms with van der Waals surface area (Å²) in [6.45, 7) is 4.19. The Labute approximate surface area is 112 Å². The van der Waals surface area contributed by atoms with E-state index in [2.05, 4.69) is 43.1 Å². The molecule has 1 aliphatic carbocycles. The SMILES string of the molecule is Cc1nc(CC(N)C2Cc3ccccc32)sc1C. The van der Waals surface area contributed by atoms with Gasteiger partial charge in [0.2, 0.25) is 0 Å². The van der Waals surface area contributed by atoms with Crippen molar-refractivity contribution >= 4 is 11.3 Å². The summed E-state index contributed by atoms with van der Waals surface area (Å²) in [7, 11) is 0. The molecule has 0 amide bonds. The zero-order chi connectivity index (χ0) is 12.7. The van der Waals surface area contributed by atoms with Crippen molar-refractivity contribution in [2.24, 2.45) is 5.73 Å². The van der Waals surface area contributed by atoms with Gasteiger partial charge in [0, 0.05) is 23.3 Å². The van der Waals surface area contributed by atoms with Crippen molar-refractivity contribution in [2.45, 2.75) is 38.6 Å². The van der Waals surface area contributed by atoms with Crippen LogP contribution in [0, 0.1) is 13.8 Å². The molecule has 0 spiro atoms. The van der Waals surface area contributed by atoms with Gasteiger partial charge in [0.05, 0.1) is 10.7 Å². The Morgan fingerprint density at radius 1 is 1.39 bits per heavy atom. The molecule has 2 N–H and O–H groups in total. The Bertz CT molecular complexity index is 554. The minimum Gasteiger partial charge on any atom is -0.327 e. The van der Waals surface area contributed by atoms with Crippen molar-refractivity contribution in [3.8, 4) is 0 Å². The molecule has 2 aromatic rings. The normalized spacial score (nSPS) is 19.2.